The third-order valence-electron chi connectivity index (χ3n) is 7.16. The van der Waals surface area contributed by atoms with Crippen LogP contribution >= 0.6 is 34.5 Å². The number of fused-ring (bicyclic) bond motifs is 1. The maximum Gasteiger partial charge on any atom is 0.326 e. The summed E-state index contributed by atoms with van der Waals surface area (Å²) in [5.41, 5.74) is 2.35. The molecule has 0 radical (unpaired) electrons. The molecule has 3 heterocycles. The number of benzene rings is 2. The molecule has 1 aliphatic heterocycles. The van der Waals surface area contributed by atoms with Gasteiger partial charge in [-0.15, -0.1) is 11.3 Å². The van der Waals surface area contributed by atoms with E-state index in [-0.39, 0.29) is 24.2 Å². The summed E-state index contributed by atoms with van der Waals surface area (Å²) in [4.78, 5) is 43.7. The molecule has 0 saturated carbocycles. The molecule has 1 fully saturated rings. The number of carbonyl (C=O) groups excluding carboxylic acids is 2. The van der Waals surface area contributed by atoms with Gasteiger partial charge >= 0.3 is 5.97 Å². The van der Waals surface area contributed by atoms with Crippen LogP contribution in [0.3, 0.4) is 0 Å². The van der Waals surface area contributed by atoms with Gasteiger partial charge in [-0.3, -0.25) is 9.59 Å². The molecule has 5 rings (SSSR count). The van der Waals surface area contributed by atoms with E-state index in [2.05, 4.69) is 10.3 Å². The highest BCUT2D eigenvalue weighted by atomic mass is 35.5. The minimum absolute atomic E-state index is 0.0781. The topological polar surface area (TPSA) is 105 Å². The van der Waals surface area contributed by atoms with Crippen molar-refractivity contribution in [3.63, 3.8) is 0 Å². The number of carboxylic acids is 1. The summed E-state index contributed by atoms with van der Waals surface area (Å²) in [6.45, 7) is 1.40. The third-order valence-corrected chi connectivity index (χ3v) is 9.10. The van der Waals surface area contributed by atoms with E-state index >= 15 is 0 Å². The highest BCUT2D eigenvalue weighted by Crippen LogP contribution is 2.37. The van der Waals surface area contributed by atoms with Gasteiger partial charge in [-0.2, -0.15) is 0 Å². The quantitative estimate of drug-likeness (QED) is 0.243. The highest BCUT2D eigenvalue weighted by Gasteiger charge is 2.30. The predicted octanol–water partition coefficient (Wildman–Crippen LogP) is 5.52. The molecule has 4 aromatic rings. The summed E-state index contributed by atoms with van der Waals surface area (Å²) in [6, 6.07) is 12.6. The van der Waals surface area contributed by atoms with Gasteiger partial charge in [0.05, 0.1) is 26.8 Å². The lowest BCUT2D eigenvalue weighted by molar-refractivity contribution is -0.142. The van der Waals surface area contributed by atoms with Crippen molar-refractivity contribution in [3.05, 3.63) is 93.3 Å². The lowest BCUT2D eigenvalue weighted by atomic mass is 9.95. The van der Waals surface area contributed by atoms with Crippen molar-refractivity contribution in [1.82, 2.24) is 19.8 Å². The molecular weight excluding hydrogens is 583 g/mol. The third kappa shape index (κ3) is 6.98. The molecule has 212 valence electrons. The van der Waals surface area contributed by atoms with Gasteiger partial charge in [-0.05, 0) is 52.9 Å². The number of carboxylic acid groups (broad SMARTS) is 1. The number of amides is 2. The standard InChI is InChI=1S/C30H28Cl2N4O4S/c31-26-21(14-22-10-13-41-28(22)27(26)32)6-7-25(37)36-11-8-20(9-12-36)29(38)34-24(30(39)40)15-23-17-35(18-33-23)16-19-4-2-1-3-5-19/h1-7,10,13-14,17-18,20,24H,8-9,11-12,15-16H2,(H,34,38)(H,39,40). The Morgan fingerprint density at radius 1 is 1.12 bits per heavy atom. The second-order valence-corrected chi connectivity index (χ2v) is 11.7. The molecule has 2 aromatic carbocycles. The molecule has 0 bridgehead atoms. The maximum atomic E-state index is 12.9. The van der Waals surface area contributed by atoms with E-state index in [4.69, 9.17) is 23.2 Å². The minimum atomic E-state index is -1.12. The molecular formula is C30H28Cl2N4O4S. The minimum Gasteiger partial charge on any atom is -0.480 e. The van der Waals surface area contributed by atoms with Crippen LogP contribution in [-0.2, 0) is 27.3 Å². The number of aromatic nitrogens is 2. The van der Waals surface area contributed by atoms with E-state index in [0.29, 0.717) is 53.8 Å². The van der Waals surface area contributed by atoms with Gasteiger partial charge in [0, 0.05) is 44.2 Å². The van der Waals surface area contributed by atoms with Gasteiger partial charge in [0.25, 0.3) is 0 Å². The Kier molecular flexibility index (Phi) is 9.07. The Morgan fingerprint density at radius 3 is 2.61 bits per heavy atom. The molecule has 0 spiro atoms. The molecule has 1 unspecified atom stereocenters. The number of likely N-dealkylation sites (tertiary alicyclic amines) is 1. The smallest absolute Gasteiger partial charge is 0.326 e. The SMILES string of the molecule is O=C(NC(Cc1cn(Cc2ccccc2)cn1)C(=O)O)C1CCN(C(=O)C=Cc2cc3ccsc3c(Cl)c2Cl)CC1. The number of rotatable bonds is 9. The number of piperidine rings is 1. The fourth-order valence-electron chi connectivity index (χ4n) is 4.91. The Hall–Kier alpha value is -3.66. The van der Waals surface area contributed by atoms with Crippen molar-refractivity contribution >= 4 is 68.5 Å². The average Bonchev–Trinajstić information content (AvgIpc) is 3.63. The van der Waals surface area contributed by atoms with Crippen molar-refractivity contribution in [3.8, 4) is 0 Å². The Bertz CT molecular complexity index is 1590. The average molecular weight is 612 g/mol. The van der Waals surface area contributed by atoms with Gasteiger partial charge < -0.3 is 19.9 Å². The summed E-state index contributed by atoms with van der Waals surface area (Å²) in [7, 11) is 0. The first-order valence-electron chi connectivity index (χ1n) is 13.2. The Labute approximate surface area is 251 Å². The molecule has 11 heteroatoms. The van der Waals surface area contributed by atoms with Crippen molar-refractivity contribution in [1.29, 1.82) is 0 Å². The number of thiophene rings is 1. The van der Waals surface area contributed by atoms with Crippen LogP contribution < -0.4 is 5.32 Å². The van der Waals surface area contributed by atoms with Crippen LogP contribution in [0.25, 0.3) is 16.2 Å². The second-order valence-electron chi connectivity index (χ2n) is 9.99. The first-order chi connectivity index (χ1) is 19.8. The van der Waals surface area contributed by atoms with Crippen LogP contribution in [0.1, 0.15) is 29.7 Å². The van der Waals surface area contributed by atoms with Crippen molar-refractivity contribution in [2.24, 2.45) is 5.92 Å². The van der Waals surface area contributed by atoms with Crippen LogP contribution in [0, 0.1) is 5.92 Å². The molecule has 1 aliphatic rings. The zero-order valence-corrected chi connectivity index (χ0v) is 24.3. The molecule has 2 amide bonds. The highest BCUT2D eigenvalue weighted by molar-refractivity contribution is 7.18. The van der Waals surface area contributed by atoms with Crippen LogP contribution in [0.4, 0.5) is 0 Å². The van der Waals surface area contributed by atoms with Gasteiger partial charge in [-0.1, -0.05) is 53.5 Å². The normalized spacial score (nSPS) is 14.9. The van der Waals surface area contributed by atoms with E-state index in [1.807, 2.05) is 52.4 Å². The lowest BCUT2D eigenvalue weighted by Gasteiger charge is -2.31. The van der Waals surface area contributed by atoms with E-state index in [1.54, 1.807) is 23.5 Å². The maximum absolute atomic E-state index is 12.9. The summed E-state index contributed by atoms with van der Waals surface area (Å²) < 4.78 is 2.79. The molecule has 1 atom stereocenters. The number of imidazole rings is 1. The molecule has 8 nitrogen and oxygen atoms in total. The molecule has 0 aliphatic carbocycles. The first kappa shape index (κ1) is 28.9. The second kappa shape index (κ2) is 12.9. The number of carbonyl (C=O) groups is 3. The summed E-state index contributed by atoms with van der Waals surface area (Å²) >= 11 is 14.3. The number of hydrogen-bond donors (Lipinski definition) is 2. The summed E-state index contributed by atoms with van der Waals surface area (Å²) in [6.07, 6.45) is 7.54. The number of nitrogens with one attached hydrogen (secondary N) is 1. The molecule has 1 saturated heterocycles. The van der Waals surface area contributed by atoms with Crippen molar-refractivity contribution in [2.75, 3.05) is 13.1 Å². The number of hydrogen-bond acceptors (Lipinski definition) is 5. The van der Waals surface area contributed by atoms with Crippen LogP contribution in [0.2, 0.25) is 10.0 Å². The predicted molar refractivity (Wildman–Crippen MR) is 161 cm³/mol. The monoisotopic (exact) mass is 610 g/mol. The van der Waals surface area contributed by atoms with Crippen molar-refractivity contribution in [2.45, 2.75) is 31.8 Å². The summed E-state index contributed by atoms with van der Waals surface area (Å²) in [5, 5.41) is 16.2. The van der Waals surface area contributed by atoms with Crippen LogP contribution in [0.15, 0.2) is 66.4 Å². The van der Waals surface area contributed by atoms with Gasteiger partial charge in [0.1, 0.15) is 6.04 Å². The number of halogens is 2. The summed E-state index contributed by atoms with van der Waals surface area (Å²) in [5.74, 6) is -2.01. The largest absolute Gasteiger partial charge is 0.480 e. The van der Waals surface area contributed by atoms with E-state index < -0.39 is 12.0 Å². The molecule has 2 N–H and O–H groups in total. The lowest BCUT2D eigenvalue weighted by Crippen LogP contribution is -2.48. The van der Waals surface area contributed by atoms with E-state index in [1.165, 1.54) is 17.4 Å². The molecule has 2 aromatic heterocycles. The van der Waals surface area contributed by atoms with Gasteiger partial charge in [0.15, 0.2) is 0 Å². The Morgan fingerprint density at radius 2 is 1.88 bits per heavy atom. The van der Waals surface area contributed by atoms with E-state index in [0.717, 1.165) is 15.6 Å². The number of nitrogens with zero attached hydrogens (tertiary/aromatic N) is 3. The zero-order chi connectivity index (χ0) is 28.9. The van der Waals surface area contributed by atoms with Gasteiger partial charge in [-0.25, -0.2) is 9.78 Å². The van der Waals surface area contributed by atoms with Crippen molar-refractivity contribution < 1.29 is 19.5 Å². The van der Waals surface area contributed by atoms with E-state index in [9.17, 15) is 19.5 Å². The zero-order valence-electron chi connectivity index (χ0n) is 22.0. The van der Waals surface area contributed by atoms with Crippen LogP contribution in [-0.4, -0.2) is 56.5 Å². The van der Waals surface area contributed by atoms with Gasteiger partial charge in [0.2, 0.25) is 11.8 Å². The number of aliphatic carboxylic acids is 1. The fourth-order valence-corrected chi connectivity index (χ4v) is 6.35. The van der Waals surface area contributed by atoms with Crippen LogP contribution in [0.5, 0.6) is 0 Å². The fraction of sp³-hybridized carbons (Fsp3) is 0.267. The first-order valence-corrected chi connectivity index (χ1v) is 14.8. The Balaban J connectivity index is 1.13. The molecule has 41 heavy (non-hydrogen) atoms.